The molecule has 0 unspecified atom stereocenters. The number of fused-ring (bicyclic) bond motifs is 3. The number of hydrogen-bond donors (Lipinski definition) is 2. The van der Waals surface area contributed by atoms with Gasteiger partial charge in [-0.1, -0.05) is 18.2 Å². The van der Waals surface area contributed by atoms with E-state index in [2.05, 4.69) is 15.3 Å². The van der Waals surface area contributed by atoms with Crippen LogP contribution in [0.2, 0.25) is 0 Å². The Balaban J connectivity index is 1.54. The zero-order valence-electron chi connectivity index (χ0n) is 14.0. The Bertz CT molecular complexity index is 1150. The second kappa shape index (κ2) is 6.42. The highest BCUT2D eigenvalue weighted by Crippen LogP contribution is 2.29. The Labute approximate surface area is 152 Å². The van der Waals surface area contributed by atoms with E-state index < -0.39 is 11.7 Å². The van der Waals surface area contributed by atoms with Gasteiger partial charge in [-0.3, -0.25) is 9.78 Å². The highest BCUT2D eigenvalue weighted by atomic mass is 19.4. The fourth-order valence-corrected chi connectivity index (χ4v) is 3.04. The van der Waals surface area contributed by atoms with Crippen molar-refractivity contribution in [2.75, 3.05) is 0 Å². The minimum Gasteiger partial charge on any atom is -0.353 e. The van der Waals surface area contributed by atoms with Gasteiger partial charge in [-0.25, -0.2) is 0 Å². The monoisotopic (exact) mass is 369 g/mol. The maximum absolute atomic E-state index is 12.8. The maximum atomic E-state index is 12.8. The standard InChI is InChI=1S/C20H14F3N3O/c21-20(22,23)14-3-1-2-12(8-14)10-25-19(27)13-4-5-15-16-6-7-24-11-18(16)26-17(15)9-13/h1-9,11,26H,10H2,(H,25,27). The van der Waals surface area contributed by atoms with Crippen LogP contribution in [0.5, 0.6) is 0 Å². The summed E-state index contributed by atoms with van der Waals surface area (Å²) in [7, 11) is 0. The normalized spacial score (nSPS) is 11.8. The summed E-state index contributed by atoms with van der Waals surface area (Å²) in [5, 5.41) is 4.64. The Morgan fingerprint density at radius 1 is 1.04 bits per heavy atom. The molecule has 0 saturated carbocycles. The molecule has 2 aromatic heterocycles. The number of H-pyrrole nitrogens is 1. The number of pyridine rings is 1. The van der Waals surface area contributed by atoms with Crippen molar-refractivity contribution in [3.63, 3.8) is 0 Å². The van der Waals surface area contributed by atoms with E-state index in [0.717, 1.165) is 33.9 Å². The molecule has 1 amide bonds. The molecule has 4 aromatic rings. The predicted molar refractivity (Wildman–Crippen MR) is 96.2 cm³/mol. The van der Waals surface area contributed by atoms with Crippen LogP contribution in [0.1, 0.15) is 21.5 Å². The topological polar surface area (TPSA) is 57.8 Å². The summed E-state index contributed by atoms with van der Waals surface area (Å²) in [5.41, 5.74) is 1.74. The number of halogens is 3. The molecule has 136 valence electrons. The summed E-state index contributed by atoms with van der Waals surface area (Å²) in [4.78, 5) is 19.7. The molecular formula is C20H14F3N3O. The van der Waals surface area contributed by atoms with Gasteiger partial charge in [-0.2, -0.15) is 13.2 Å². The van der Waals surface area contributed by atoms with Crippen LogP contribution >= 0.6 is 0 Å². The van der Waals surface area contributed by atoms with Gasteiger partial charge in [0.1, 0.15) is 0 Å². The van der Waals surface area contributed by atoms with E-state index >= 15 is 0 Å². The SMILES string of the molecule is O=C(NCc1cccc(C(F)(F)F)c1)c1ccc2c(c1)[nH]c1cnccc12. The van der Waals surface area contributed by atoms with Crippen molar-refractivity contribution in [1.82, 2.24) is 15.3 Å². The number of benzene rings is 2. The number of hydrogen-bond acceptors (Lipinski definition) is 2. The number of aromatic nitrogens is 2. The van der Waals surface area contributed by atoms with Gasteiger partial charge in [0.15, 0.2) is 0 Å². The van der Waals surface area contributed by atoms with Crippen LogP contribution in [0.25, 0.3) is 21.8 Å². The lowest BCUT2D eigenvalue weighted by Gasteiger charge is -2.10. The van der Waals surface area contributed by atoms with E-state index in [-0.39, 0.29) is 12.5 Å². The van der Waals surface area contributed by atoms with Gasteiger partial charge in [0.2, 0.25) is 0 Å². The summed E-state index contributed by atoms with van der Waals surface area (Å²) in [5.74, 6) is -0.355. The second-order valence-corrected chi connectivity index (χ2v) is 6.19. The molecule has 0 radical (unpaired) electrons. The van der Waals surface area contributed by atoms with Gasteiger partial charge in [0, 0.05) is 34.6 Å². The van der Waals surface area contributed by atoms with Crippen molar-refractivity contribution >= 4 is 27.7 Å². The minimum atomic E-state index is -4.41. The van der Waals surface area contributed by atoms with Gasteiger partial charge in [0.25, 0.3) is 5.91 Å². The van der Waals surface area contributed by atoms with Crippen molar-refractivity contribution in [3.05, 3.63) is 77.6 Å². The molecule has 7 heteroatoms. The van der Waals surface area contributed by atoms with Gasteiger partial charge < -0.3 is 10.3 Å². The highest BCUT2D eigenvalue weighted by Gasteiger charge is 2.30. The molecule has 0 aliphatic rings. The molecule has 2 N–H and O–H groups in total. The van der Waals surface area contributed by atoms with Crippen molar-refractivity contribution in [2.45, 2.75) is 12.7 Å². The molecular weight excluding hydrogens is 355 g/mol. The lowest BCUT2D eigenvalue weighted by atomic mass is 10.1. The quantitative estimate of drug-likeness (QED) is 0.552. The van der Waals surface area contributed by atoms with Crippen molar-refractivity contribution < 1.29 is 18.0 Å². The minimum absolute atomic E-state index is 0.0113. The summed E-state index contributed by atoms with van der Waals surface area (Å²) in [6.07, 6.45) is -0.996. The van der Waals surface area contributed by atoms with E-state index in [9.17, 15) is 18.0 Å². The summed E-state index contributed by atoms with van der Waals surface area (Å²) in [6, 6.07) is 12.1. The first-order chi connectivity index (χ1) is 12.9. The first kappa shape index (κ1) is 17.1. The molecule has 0 atom stereocenters. The van der Waals surface area contributed by atoms with Gasteiger partial charge >= 0.3 is 6.18 Å². The van der Waals surface area contributed by atoms with Crippen LogP contribution in [0, 0.1) is 0 Å². The van der Waals surface area contributed by atoms with Crippen LogP contribution < -0.4 is 5.32 Å². The number of nitrogens with one attached hydrogen (secondary N) is 2. The molecule has 4 nitrogen and oxygen atoms in total. The molecule has 0 bridgehead atoms. The van der Waals surface area contributed by atoms with Crippen molar-refractivity contribution in [2.24, 2.45) is 0 Å². The number of alkyl halides is 3. The molecule has 0 spiro atoms. The molecule has 4 rings (SSSR count). The van der Waals surface area contributed by atoms with Gasteiger partial charge in [-0.15, -0.1) is 0 Å². The third-order valence-corrected chi connectivity index (χ3v) is 4.37. The second-order valence-electron chi connectivity index (χ2n) is 6.19. The largest absolute Gasteiger partial charge is 0.416 e. The molecule has 0 fully saturated rings. The number of nitrogens with zero attached hydrogens (tertiary/aromatic N) is 1. The number of carbonyl (C=O) groups is 1. The summed E-state index contributed by atoms with van der Waals surface area (Å²) in [6.45, 7) is 0.0113. The van der Waals surface area contributed by atoms with Crippen LogP contribution in [-0.2, 0) is 12.7 Å². The number of carbonyl (C=O) groups excluding carboxylic acids is 1. The third kappa shape index (κ3) is 3.36. The molecule has 2 heterocycles. The van der Waals surface area contributed by atoms with E-state index in [1.807, 2.05) is 12.1 Å². The average Bonchev–Trinajstić information content (AvgIpc) is 3.03. The first-order valence-corrected chi connectivity index (χ1v) is 8.21. The molecule has 0 aliphatic heterocycles. The van der Waals surface area contributed by atoms with E-state index in [4.69, 9.17) is 0 Å². The van der Waals surface area contributed by atoms with Crippen molar-refractivity contribution in [3.8, 4) is 0 Å². The average molecular weight is 369 g/mol. The Hall–Kier alpha value is -3.35. The Morgan fingerprint density at radius 3 is 2.67 bits per heavy atom. The van der Waals surface area contributed by atoms with Crippen LogP contribution in [0.4, 0.5) is 13.2 Å². The summed E-state index contributed by atoms with van der Waals surface area (Å²) >= 11 is 0. The smallest absolute Gasteiger partial charge is 0.353 e. The van der Waals surface area contributed by atoms with Gasteiger partial charge in [-0.05, 0) is 35.9 Å². The zero-order chi connectivity index (χ0) is 19.0. The first-order valence-electron chi connectivity index (χ1n) is 8.21. The fourth-order valence-electron chi connectivity index (χ4n) is 3.04. The fraction of sp³-hybridized carbons (Fsp3) is 0.100. The summed E-state index contributed by atoms with van der Waals surface area (Å²) < 4.78 is 38.3. The van der Waals surface area contributed by atoms with Crippen LogP contribution in [0.3, 0.4) is 0 Å². The lowest BCUT2D eigenvalue weighted by Crippen LogP contribution is -2.23. The number of amides is 1. The number of rotatable bonds is 3. The number of aromatic amines is 1. The maximum Gasteiger partial charge on any atom is 0.416 e. The van der Waals surface area contributed by atoms with Crippen molar-refractivity contribution in [1.29, 1.82) is 0 Å². The zero-order valence-corrected chi connectivity index (χ0v) is 14.0. The van der Waals surface area contributed by atoms with E-state index in [1.165, 1.54) is 6.07 Å². The molecule has 0 saturated heterocycles. The molecule has 0 aliphatic carbocycles. The van der Waals surface area contributed by atoms with Crippen LogP contribution in [0.15, 0.2) is 60.9 Å². The van der Waals surface area contributed by atoms with E-state index in [0.29, 0.717) is 11.1 Å². The molecule has 27 heavy (non-hydrogen) atoms. The van der Waals surface area contributed by atoms with Gasteiger partial charge in [0.05, 0.1) is 17.3 Å². The van der Waals surface area contributed by atoms with E-state index in [1.54, 1.807) is 30.6 Å². The lowest BCUT2D eigenvalue weighted by molar-refractivity contribution is -0.137. The Kier molecular flexibility index (Phi) is 4.07. The Morgan fingerprint density at radius 2 is 1.85 bits per heavy atom. The predicted octanol–water partition coefficient (Wildman–Crippen LogP) is 4.66. The third-order valence-electron chi connectivity index (χ3n) is 4.37. The highest BCUT2D eigenvalue weighted by molar-refractivity contribution is 6.09. The molecule has 2 aromatic carbocycles. The van der Waals surface area contributed by atoms with Crippen LogP contribution in [-0.4, -0.2) is 15.9 Å².